The first-order chi connectivity index (χ1) is 13.5. The summed E-state index contributed by atoms with van der Waals surface area (Å²) in [4.78, 5) is 0. The Morgan fingerprint density at radius 2 is 1.43 bits per heavy atom. The van der Waals surface area contributed by atoms with E-state index in [2.05, 4.69) is 0 Å². The molecule has 3 aromatic rings. The van der Waals surface area contributed by atoms with Gasteiger partial charge < -0.3 is 4.74 Å². The van der Waals surface area contributed by atoms with Gasteiger partial charge in [0.2, 0.25) is 5.82 Å². The third kappa shape index (κ3) is 4.38. The normalized spacial score (nSPS) is 10.9. The lowest BCUT2D eigenvalue weighted by Crippen LogP contribution is -2.01. The number of benzene rings is 3. The van der Waals surface area contributed by atoms with Crippen molar-refractivity contribution in [1.82, 2.24) is 0 Å². The van der Waals surface area contributed by atoms with Gasteiger partial charge in [-0.25, -0.2) is 8.78 Å². The zero-order valence-electron chi connectivity index (χ0n) is 16.1. The third-order valence-electron chi connectivity index (χ3n) is 4.76. The van der Waals surface area contributed by atoms with Gasteiger partial charge in [0.25, 0.3) is 0 Å². The van der Waals surface area contributed by atoms with Crippen molar-refractivity contribution in [2.45, 2.75) is 39.7 Å². The van der Waals surface area contributed by atoms with Crippen LogP contribution in [0.15, 0.2) is 54.6 Å². The van der Waals surface area contributed by atoms with Gasteiger partial charge in [-0.3, -0.25) is 0 Å². The van der Waals surface area contributed by atoms with Crippen molar-refractivity contribution >= 4 is 0 Å². The smallest absolute Gasteiger partial charge is 0.200 e. The minimum atomic E-state index is -0.950. The summed E-state index contributed by atoms with van der Waals surface area (Å²) in [6.07, 6.45) is 1.89. The van der Waals surface area contributed by atoms with Crippen LogP contribution in [0.3, 0.4) is 0 Å². The van der Waals surface area contributed by atoms with Crippen LogP contribution in [0.4, 0.5) is 13.2 Å². The van der Waals surface area contributed by atoms with E-state index >= 15 is 0 Å². The minimum absolute atomic E-state index is 0.0985. The zero-order chi connectivity index (χ0) is 20.1. The molecule has 0 aliphatic heterocycles. The van der Waals surface area contributed by atoms with Gasteiger partial charge in [-0.1, -0.05) is 62.7 Å². The van der Waals surface area contributed by atoms with Crippen LogP contribution in [0.2, 0.25) is 0 Å². The molecule has 0 amide bonds. The molecule has 0 radical (unpaired) electrons. The summed E-state index contributed by atoms with van der Waals surface area (Å²) < 4.78 is 47.6. The van der Waals surface area contributed by atoms with Gasteiger partial charge in [-0.15, -0.1) is 0 Å². The highest BCUT2D eigenvalue weighted by Gasteiger charge is 2.14. The summed E-state index contributed by atoms with van der Waals surface area (Å²) in [7, 11) is 0. The third-order valence-corrected chi connectivity index (χ3v) is 4.76. The highest BCUT2D eigenvalue weighted by molar-refractivity contribution is 5.64. The van der Waals surface area contributed by atoms with Crippen LogP contribution in [-0.4, -0.2) is 0 Å². The maximum atomic E-state index is 14.1. The van der Waals surface area contributed by atoms with Crippen molar-refractivity contribution in [2.24, 2.45) is 0 Å². The molecule has 3 aromatic carbocycles. The first kappa shape index (κ1) is 20.0. The van der Waals surface area contributed by atoms with Crippen LogP contribution in [0.1, 0.15) is 37.0 Å². The van der Waals surface area contributed by atoms with Crippen LogP contribution >= 0.6 is 0 Å². The Bertz CT molecular complexity index is 949. The van der Waals surface area contributed by atoms with Crippen molar-refractivity contribution < 1.29 is 17.9 Å². The molecule has 4 heteroatoms. The molecule has 28 heavy (non-hydrogen) atoms. The zero-order valence-corrected chi connectivity index (χ0v) is 16.1. The fraction of sp³-hybridized carbons (Fsp3) is 0.250. The van der Waals surface area contributed by atoms with Gasteiger partial charge in [-0.2, -0.15) is 4.39 Å². The molecule has 0 spiro atoms. The largest absolute Gasteiger partial charge is 0.486 e. The lowest BCUT2D eigenvalue weighted by Gasteiger charge is -2.11. The first-order valence-corrected chi connectivity index (χ1v) is 9.50. The van der Waals surface area contributed by atoms with E-state index < -0.39 is 11.6 Å². The molecule has 146 valence electrons. The predicted octanol–water partition coefficient (Wildman–Crippen LogP) is 6.86. The average molecular weight is 384 g/mol. The van der Waals surface area contributed by atoms with Gasteiger partial charge in [0.05, 0.1) is 0 Å². The van der Waals surface area contributed by atoms with Crippen molar-refractivity contribution in [3.8, 4) is 16.9 Å². The molecule has 1 nitrogen and oxygen atoms in total. The van der Waals surface area contributed by atoms with Gasteiger partial charge in [0, 0.05) is 0 Å². The summed E-state index contributed by atoms with van der Waals surface area (Å²) in [5.41, 5.74) is 3.53. The molecule has 0 N–H and O–H groups in total. The summed E-state index contributed by atoms with van der Waals surface area (Å²) >= 11 is 0. The van der Waals surface area contributed by atoms with Crippen molar-refractivity contribution in [3.63, 3.8) is 0 Å². The predicted molar refractivity (Wildman–Crippen MR) is 106 cm³/mol. The van der Waals surface area contributed by atoms with Crippen molar-refractivity contribution in [2.75, 3.05) is 0 Å². The topological polar surface area (TPSA) is 9.23 Å². The maximum Gasteiger partial charge on any atom is 0.200 e. The highest BCUT2D eigenvalue weighted by atomic mass is 19.2. The summed E-state index contributed by atoms with van der Waals surface area (Å²) in [6.45, 7) is 3.95. The fourth-order valence-electron chi connectivity index (χ4n) is 3.11. The monoisotopic (exact) mass is 384 g/mol. The minimum Gasteiger partial charge on any atom is -0.486 e. The van der Waals surface area contributed by atoms with E-state index in [1.54, 1.807) is 12.1 Å². The first-order valence-electron chi connectivity index (χ1n) is 9.50. The van der Waals surface area contributed by atoms with Gasteiger partial charge in [0.15, 0.2) is 11.6 Å². The number of halogens is 3. The maximum absolute atomic E-state index is 14.1. The van der Waals surface area contributed by atoms with Gasteiger partial charge >= 0.3 is 0 Å². The molecule has 0 unspecified atom stereocenters. The second kappa shape index (κ2) is 8.96. The van der Waals surface area contributed by atoms with E-state index in [-0.39, 0.29) is 18.2 Å². The van der Waals surface area contributed by atoms with Crippen LogP contribution in [0.25, 0.3) is 11.1 Å². The fourth-order valence-corrected chi connectivity index (χ4v) is 3.11. The number of hydrogen-bond acceptors (Lipinski definition) is 1. The number of ether oxygens (including phenoxy) is 1. The Balaban J connectivity index is 1.70. The van der Waals surface area contributed by atoms with Crippen LogP contribution < -0.4 is 4.74 Å². The van der Waals surface area contributed by atoms with E-state index in [9.17, 15) is 13.2 Å². The summed E-state index contributed by atoms with van der Waals surface area (Å²) in [5, 5.41) is 0. The van der Waals surface area contributed by atoms with Crippen LogP contribution in [0.5, 0.6) is 5.75 Å². The SMILES string of the molecule is CCCc1ccc(OCc2ccc(-c3ccc(CC)c(F)c3)cc2)c(F)c1F. The summed E-state index contributed by atoms with van der Waals surface area (Å²) in [6, 6.07) is 15.6. The van der Waals surface area contributed by atoms with Crippen molar-refractivity contribution in [1.29, 1.82) is 0 Å². The van der Waals surface area contributed by atoms with E-state index in [0.717, 1.165) is 23.1 Å². The van der Waals surface area contributed by atoms with Gasteiger partial charge in [0.1, 0.15) is 12.4 Å². The van der Waals surface area contributed by atoms with E-state index in [4.69, 9.17) is 4.74 Å². The Kier molecular flexibility index (Phi) is 6.40. The second-order valence-electron chi connectivity index (χ2n) is 6.75. The molecule has 0 bridgehead atoms. The number of rotatable bonds is 7. The molecule has 0 aliphatic carbocycles. The standard InChI is InChI=1S/C24H23F3O/c1-3-5-19-12-13-22(24(27)23(19)26)28-15-16-6-8-18(9-7-16)20-11-10-17(4-2)21(25)14-20/h6-14H,3-5,15H2,1-2H3. The number of hydrogen-bond donors (Lipinski definition) is 0. The highest BCUT2D eigenvalue weighted by Crippen LogP contribution is 2.26. The molecular weight excluding hydrogens is 361 g/mol. The Hall–Kier alpha value is -2.75. The van der Waals surface area contributed by atoms with Crippen LogP contribution in [0, 0.1) is 17.5 Å². The Morgan fingerprint density at radius 3 is 2.07 bits per heavy atom. The molecule has 0 atom stereocenters. The lowest BCUT2D eigenvalue weighted by atomic mass is 10.0. The quantitative estimate of drug-likeness (QED) is 0.432. The molecular formula is C24H23F3O. The molecule has 0 saturated heterocycles. The van der Waals surface area contributed by atoms with E-state index in [1.165, 1.54) is 12.1 Å². The van der Waals surface area contributed by atoms with Gasteiger partial charge in [-0.05, 0) is 52.8 Å². The second-order valence-corrected chi connectivity index (χ2v) is 6.75. The Labute approximate surface area is 163 Å². The molecule has 0 aliphatic rings. The molecule has 0 heterocycles. The molecule has 0 saturated carbocycles. The van der Waals surface area contributed by atoms with E-state index in [1.807, 2.05) is 44.2 Å². The van der Waals surface area contributed by atoms with Crippen LogP contribution in [-0.2, 0) is 19.4 Å². The average Bonchev–Trinajstić information content (AvgIpc) is 2.71. The van der Waals surface area contributed by atoms with E-state index in [0.29, 0.717) is 24.0 Å². The van der Waals surface area contributed by atoms with Crippen molar-refractivity contribution in [3.05, 3.63) is 88.7 Å². The summed E-state index contributed by atoms with van der Waals surface area (Å²) in [5.74, 6) is -2.10. The molecule has 3 rings (SSSR count). The molecule has 0 fully saturated rings. The Morgan fingerprint density at radius 1 is 0.750 bits per heavy atom. The number of aryl methyl sites for hydroxylation is 2. The molecule has 0 aromatic heterocycles. The lowest BCUT2D eigenvalue weighted by molar-refractivity contribution is 0.284.